The van der Waals surface area contributed by atoms with Crippen LogP contribution in [0.3, 0.4) is 0 Å². The largest absolute Gasteiger partial charge is 0.514 e. The molecule has 2 aromatic heterocycles. The number of non-ortho nitro benzene ring substituents is 1. The number of benzene rings is 3. The van der Waals surface area contributed by atoms with Crippen molar-refractivity contribution in [1.29, 1.82) is 0 Å². The van der Waals surface area contributed by atoms with Gasteiger partial charge >= 0.3 is 18.1 Å². The van der Waals surface area contributed by atoms with E-state index in [9.17, 15) is 29.3 Å². The van der Waals surface area contributed by atoms with Crippen molar-refractivity contribution < 1.29 is 43.1 Å². The normalized spacial score (nSPS) is 17.5. The maximum atomic E-state index is 14.1. The van der Waals surface area contributed by atoms with Gasteiger partial charge in [0.25, 0.3) is 11.2 Å². The maximum Gasteiger partial charge on any atom is 0.514 e. The topological polar surface area (TPSA) is 188 Å². The van der Waals surface area contributed by atoms with Gasteiger partial charge in [0.1, 0.15) is 23.7 Å². The Bertz CT molecular complexity index is 2640. The van der Waals surface area contributed by atoms with Crippen molar-refractivity contribution in [2.45, 2.75) is 71.5 Å². The van der Waals surface area contributed by atoms with Gasteiger partial charge in [-0.15, -0.1) is 0 Å². The molecule has 0 bridgehead atoms. The van der Waals surface area contributed by atoms with Crippen LogP contribution in [0.15, 0.2) is 82.7 Å². The minimum Gasteiger partial charge on any atom is -0.457 e. The molecule has 15 nitrogen and oxygen atoms in total. The molecule has 0 radical (unpaired) electrons. The van der Waals surface area contributed by atoms with Crippen molar-refractivity contribution in [3.05, 3.63) is 121 Å². The molecule has 0 N–H and O–H groups in total. The zero-order valence-corrected chi connectivity index (χ0v) is 30.9. The number of rotatable bonds is 7. The van der Waals surface area contributed by atoms with Crippen LogP contribution in [0.4, 0.5) is 10.5 Å². The Balaban J connectivity index is 1.09. The Labute approximate surface area is 318 Å². The van der Waals surface area contributed by atoms with E-state index in [4.69, 9.17) is 28.8 Å². The summed E-state index contributed by atoms with van der Waals surface area (Å²) in [7, 11) is 0. The highest BCUT2D eigenvalue weighted by atomic mass is 16.7. The molecular weight excluding hydrogens is 724 g/mol. The number of ether oxygens (including phenoxy) is 4. The summed E-state index contributed by atoms with van der Waals surface area (Å²) in [4.78, 5) is 75.2. The minimum atomic E-state index is -2.00. The van der Waals surface area contributed by atoms with Crippen molar-refractivity contribution >= 4 is 40.4 Å². The lowest BCUT2D eigenvalue weighted by molar-refractivity contribution is -0.384. The van der Waals surface area contributed by atoms with Gasteiger partial charge in [-0.25, -0.2) is 19.4 Å². The third kappa shape index (κ3) is 6.01. The number of nitro benzene ring substituents is 1. The molecule has 3 aliphatic rings. The van der Waals surface area contributed by atoms with Gasteiger partial charge in [-0.1, -0.05) is 36.3 Å². The summed E-state index contributed by atoms with van der Waals surface area (Å²) in [5.74, 6) is -1.55. The zero-order valence-electron chi connectivity index (χ0n) is 30.9. The van der Waals surface area contributed by atoms with Crippen molar-refractivity contribution in [2.75, 3.05) is 0 Å². The van der Waals surface area contributed by atoms with Gasteiger partial charge in [-0.2, -0.15) is 0 Å². The first kappa shape index (κ1) is 36.1. The fourth-order valence-electron chi connectivity index (χ4n) is 7.23. The summed E-state index contributed by atoms with van der Waals surface area (Å²) in [5, 5.41) is 16.5. The second-order valence-corrected chi connectivity index (χ2v) is 14.6. The highest BCUT2D eigenvalue weighted by Gasteiger charge is 2.51. The number of nitro groups is 1. The van der Waals surface area contributed by atoms with Crippen molar-refractivity contribution in [2.24, 2.45) is 5.16 Å². The predicted molar refractivity (Wildman–Crippen MR) is 200 cm³/mol. The number of fused-ring (bicyclic) bond motifs is 8. The molecule has 8 rings (SSSR count). The lowest BCUT2D eigenvalue weighted by atomic mass is 9.85. The molecule has 284 valence electrons. The van der Waals surface area contributed by atoms with Crippen LogP contribution in [0.5, 0.6) is 5.75 Å². The average molecular weight is 759 g/mol. The summed E-state index contributed by atoms with van der Waals surface area (Å²) < 4.78 is 23.6. The number of oxime groups is 1. The molecular formula is C41H34N4O11. The first-order chi connectivity index (χ1) is 26.7. The van der Waals surface area contributed by atoms with Gasteiger partial charge in [-0.05, 0) is 81.6 Å². The number of hydrogen-bond acceptors (Lipinski definition) is 13. The lowest BCUT2D eigenvalue weighted by Crippen LogP contribution is -2.48. The number of hydrogen-bond donors (Lipinski definition) is 0. The molecule has 4 heterocycles. The number of aromatic nitrogens is 2. The van der Waals surface area contributed by atoms with E-state index >= 15 is 0 Å². The highest BCUT2D eigenvalue weighted by molar-refractivity contribution is 6.24. The van der Waals surface area contributed by atoms with Crippen LogP contribution in [-0.4, -0.2) is 50.0 Å². The van der Waals surface area contributed by atoms with Gasteiger partial charge in [0.05, 0.1) is 33.9 Å². The first-order valence-electron chi connectivity index (χ1n) is 17.8. The third-order valence-corrected chi connectivity index (χ3v) is 9.89. The molecule has 0 saturated carbocycles. The first-order valence-corrected chi connectivity index (χ1v) is 17.8. The summed E-state index contributed by atoms with van der Waals surface area (Å²) in [6.07, 6.45) is -2.27. The van der Waals surface area contributed by atoms with Crippen LogP contribution in [0, 0.1) is 10.1 Å². The van der Waals surface area contributed by atoms with Crippen LogP contribution < -0.4 is 10.3 Å². The van der Waals surface area contributed by atoms with Gasteiger partial charge in [0.2, 0.25) is 11.7 Å². The number of esters is 2. The van der Waals surface area contributed by atoms with E-state index in [1.165, 1.54) is 23.6 Å². The van der Waals surface area contributed by atoms with E-state index in [1.807, 2.05) is 18.2 Å². The molecule has 56 heavy (non-hydrogen) atoms. The number of carbonyl (C=O) groups is 3. The summed E-state index contributed by atoms with van der Waals surface area (Å²) in [5.41, 5.74) is 2.15. The molecule has 5 aromatic rings. The summed E-state index contributed by atoms with van der Waals surface area (Å²) in [6, 6.07) is 20.1. The van der Waals surface area contributed by atoms with E-state index in [0.717, 1.165) is 11.1 Å². The fraction of sp³-hybridized carbons (Fsp3) is 0.268. The molecule has 0 amide bonds. The Kier molecular flexibility index (Phi) is 8.47. The third-order valence-electron chi connectivity index (χ3n) is 9.89. The van der Waals surface area contributed by atoms with Crippen molar-refractivity contribution in [3.63, 3.8) is 0 Å². The Morgan fingerprint density at radius 1 is 1.02 bits per heavy atom. The second-order valence-electron chi connectivity index (χ2n) is 14.6. The van der Waals surface area contributed by atoms with E-state index in [1.54, 1.807) is 70.2 Å². The maximum absolute atomic E-state index is 14.1. The summed E-state index contributed by atoms with van der Waals surface area (Å²) in [6.45, 7) is 8.07. The van der Waals surface area contributed by atoms with Crippen LogP contribution in [0.1, 0.15) is 68.9 Å². The molecule has 1 aliphatic carbocycles. The van der Waals surface area contributed by atoms with E-state index in [0.29, 0.717) is 44.7 Å². The monoisotopic (exact) mass is 758 g/mol. The Hall–Kier alpha value is -6.90. The van der Waals surface area contributed by atoms with Crippen LogP contribution in [-0.2, 0) is 47.4 Å². The van der Waals surface area contributed by atoms with Gasteiger partial charge < -0.3 is 28.4 Å². The Morgan fingerprint density at radius 3 is 2.50 bits per heavy atom. The second kappa shape index (κ2) is 13.1. The quantitative estimate of drug-likeness (QED) is 0.0552. The molecule has 1 unspecified atom stereocenters. The van der Waals surface area contributed by atoms with E-state index < -0.39 is 45.9 Å². The van der Waals surface area contributed by atoms with Gasteiger partial charge in [0, 0.05) is 39.8 Å². The average Bonchev–Trinajstić information content (AvgIpc) is 3.67. The molecule has 2 aliphatic heterocycles. The SMILES string of the molecule is CC[C@@]1(OC(=O)C(C)O/N=C2/c3ccccc3-c3ccc([N+](=O)[O-])cc32)C(=O)OCc2c1cc1n(c2=O)Cc2cc3cc(OC(=O)OC(C)(C)C)ccc3nc2-1. The van der Waals surface area contributed by atoms with Gasteiger partial charge in [0.15, 0.2) is 0 Å². The smallest absolute Gasteiger partial charge is 0.457 e. The van der Waals surface area contributed by atoms with Crippen molar-refractivity contribution in [3.8, 4) is 28.3 Å². The predicted octanol–water partition coefficient (Wildman–Crippen LogP) is 6.69. The van der Waals surface area contributed by atoms with E-state index in [-0.39, 0.29) is 42.1 Å². The van der Waals surface area contributed by atoms with Gasteiger partial charge in [-0.3, -0.25) is 14.9 Å². The molecule has 0 saturated heterocycles. The number of nitrogens with zero attached hydrogens (tertiary/aromatic N) is 4. The van der Waals surface area contributed by atoms with Crippen LogP contribution >= 0.6 is 0 Å². The molecule has 15 heteroatoms. The molecule has 3 aromatic carbocycles. The number of pyridine rings is 2. The Morgan fingerprint density at radius 2 is 1.77 bits per heavy atom. The molecule has 2 atom stereocenters. The number of cyclic esters (lactones) is 1. The minimum absolute atomic E-state index is 0.0719. The molecule has 0 spiro atoms. The van der Waals surface area contributed by atoms with Crippen LogP contribution in [0.2, 0.25) is 0 Å². The van der Waals surface area contributed by atoms with Crippen molar-refractivity contribution in [1.82, 2.24) is 9.55 Å². The zero-order chi connectivity index (χ0) is 39.7. The number of carbonyl (C=O) groups excluding carboxylic acids is 3. The highest BCUT2D eigenvalue weighted by Crippen LogP contribution is 2.42. The summed E-state index contributed by atoms with van der Waals surface area (Å²) >= 11 is 0. The fourth-order valence-corrected chi connectivity index (χ4v) is 7.23. The standard InChI is InChI=1S/C41H34N4O11/c1-6-41(54-37(47)21(2)56-43-35-28-10-8-7-9-26(28)27-13-11-24(45(50)51)17-29(27)35)31-18-33-34-23(19-44(33)36(46)30(31)20-52-38(41)48)15-22-16-25(12-14-32(22)42-34)53-39(49)55-40(3,4)5/h7-18,21H,6,19-20H2,1-5H3/b43-35-/t21?,41-/m0/s1. The van der Waals surface area contributed by atoms with Crippen LogP contribution in [0.25, 0.3) is 33.4 Å². The lowest BCUT2D eigenvalue weighted by Gasteiger charge is -2.36. The molecule has 0 fully saturated rings. The van der Waals surface area contributed by atoms with E-state index in [2.05, 4.69) is 5.16 Å².